The lowest BCUT2D eigenvalue weighted by Crippen LogP contribution is -2.26. The van der Waals surface area contributed by atoms with E-state index in [2.05, 4.69) is 437 Å². The topological polar surface area (TPSA) is 0 Å². The molecule has 18 aromatic carbocycles. The number of rotatable bonds is 14. The summed E-state index contributed by atoms with van der Waals surface area (Å²) in [6.07, 6.45) is 0. The monoisotopic (exact) mass is 1380 g/mol. The van der Waals surface area contributed by atoms with Gasteiger partial charge in [-0.2, -0.15) is 0 Å². The van der Waals surface area contributed by atoms with Gasteiger partial charge in [0.25, 0.3) is 0 Å². The van der Waals surface area contributed by atoms with E-state index in [-0.39, 0.29) is 0 Å². The first-order valence-electron chi connectivity index (χ1n) is 37.8. The van der Waals surface area contributed by atoms with E-state index in [9.17, 15) is 0 Å². The van der Waals surface area contributed by atoms with E-state index in [1.54, 1.807) is 0 Å². The van der Waals surface area contributed by atoms with Gasteiger partial charge in [0.15, 0.2) is 0 Å². The molecular formula is C109H72. The van der Waals surface area contributed by atoms with E-state index < -0.39 is 5.41 Å². The Hall–Kier alpha value is -14.0. The van der Waals surface area contributed by atoms with Crippen LogP contribution in [0.2, 0.25) is 0 Å². The molecular weight excluding hydrogens is 1310 g/mol. The SMILES string of the molecule is c1ccc(-c2ccc(-c3ccc(-c4ccc5c(c4)C4(c6cc(-c7ccc(-c8ccc(-c9ccccc9)cc8)cc7)ccc6-c6c(-c7ccccc7)cc(-c7ccc(-c8ccc(-c9ccccc9)cc8)cc7)cc64)c4cc(-c6ccc(-c7ccc(-c8ccccc8)cc7)cc6)cc(-c6ccccc6)c4-5)cc3)cc2)cc1. The van der Waals surface area contributed by atoms with Crippen molar-refractivity contribution in [3.05, 3.63) is 459 Å². The smallest absolute Gasteiger partial charge is 0.0622 e. The second-order valence-corrected chi connectivity index (χ2v) is 29.0. The molecule has 1 spiro atoms. The van der Waals surface area contributed by atoms with E-state index in [1.165, 1.54) is 156 Å². The predicted molar refractivity (Wildman–Crippen MR) is 459 cm³/mol. The molecule has 508 valence electrons. The molecule has 0 unspecified atom stereocenters. The van der Waals surface area contributed by atoms with Gasteiger partial charge in [0.05, 0.1) is 5.41 Å². The fraction of sp³-hybridized carbons (Fsp3) is 0.00917. The minimum absolute atomic E-state index is 0.859. The summed E-state index contributed by atoms with van der Waals surface area (Å²) in [6.45, 7) is 0. The van der Waals surface area contributed by atoms with Crippen molar-refractivity contribution in [2.75, 3.05) is 0 Å². The number of fused-ring (bicyclic) bond motifs is 10. The Labute approximate surface area is 638 Å². The Balaban J connectivity index is 0.805. The largest absolute Gasteiger partial charge is 0.0726 e. The van der Waals surface area contributed by atoms with Crippen LogP contribution in [0.25, 0.3) is 178 Å². The Morgan fingerprint density at radius 2 is 0.257 bits per heavy atom. The van der Waals surface area contributed by atoms with Gasteiger partial charge in [-0.1, -0.05) is 400 Å². The summed E-state index contributed by atoms with van der Waals surface area (Å²) < 4.78 is 0. The minimum Gasteiger partial charge on any atom is -0.0622 e. The third-order valence-corrected chi connectivity index (χ3v) is 22.8. The van der Waals surface area contributed by atoms with Crippen LogP contribution in [0, 0.1) is 0 Å². The molecule has 0 atom stereocenters. The van der Waals surface area contributed by atoms with Gasteiger partial charge in [-0.3, -0.25) is 0 Å². The van der Waals surface area contributed by atoms with Crippen LogP contribution >= 0.6 is 0 Å². The van der Waals surface area contributed by atoms with Gasteiger partial charge in [0, 0.05) is 0 Å². The van der Waals surface area contributed by atoms with Crippen molar-refractivity contribution in [2.24, 2.45) is 0 Å². The quantitative estimate of drug-likeness (QED) is 0.102. The van der Waals surface area contributed by atoms with E-state index in [4.69, 9.17) is 0 Å². The van der Waals surface area contributed by atoms with Crippen molar-refractivity contribution in [1.82, 2.24) is 0 Å². The van der Waals surface area contributed by atoms with Gasteiger partial charge in [0.2, 0.25) is 0 Å². The van der Waals surface area contributed by atoms with Crippen LogP contribution in [-0.4, -0.2) is 0 Å². The summed E-state index contributed by atoms with van der Waals surface area (Å²) in [5, 5.41) is 0. The van der Waals surface area contributed by atoms with Crippen molar-refractivity contribution >= 4 is 0 Å². The zero-order valence-corrected chi connectivity index (χ0v) is 60.1. The maximum absolute atomic E-state index is 2.58. The van der Waals surface area contributed by atoms with Crippen molar-refractivity contribution in [3.63, 3.8) is 0 Å². The zero-order valence-electron chi connectivity index (χ0n) is 60.1. The molecule has 20 rings (SSSR count). The highest BCUT2D eigenvalue weighted by atomic mass is 14.5. The lowest BCUT2D eigenvalue weighted by Gasteiger charge is -2.32. The molecule has 0 aromatic heterocycles. The average molecular weight is 1380 g/mol. The number of benzene rings is 18. The third kappa shape index (κ3) is 11.8. The minimum atomic E-state index is -0.859. The Kier molecular flexibility index (Phi) is 16.3. The highest BCUT2D eigenvalue weighted by Gasteiger charge is 2.54. The Morgan fingerprint density at radius 1 is 0.101 bits per heavy atom. The normalized spacial score (nSPS) is 12.1. The summed E-state index contributed by atoms with van der Waals surface area (Å²) in [5.41, 5.74) is 42.3. The zero-order chi connectivity index (χ0) is 72.2. The third-order valence-electron chi connectivity index (χ3n) is 22.8. The van der Waals surface area contributed by atoms with Crippen LogP contribution in [-0.2, 0) is 5.41 Å². The van der Waals surface area contributed by atoms with Crippen LogP contribution in [0.4, 0.5) is 0 Å². The van der Waals surface area contributed by atoms with E-state index in [0.29, 0.717) is 0 Å². The molecule has 0 nitrogen and oxygen atoms in total. The molecule has 0 heterocycles. The Morgan fingerprint density at radius 3 is 0.468 bits per heavy atom. The maximum atomic E-state index is 2.58. The van der Waals surface area contributed by atoms with Gasteiger partial charge >= 0.3 is 0 Å². The van der Waals surface area contributed by atoms with Crippen molar-refractivity contribution in [1.29, 1.82) is 0 Å². The van der Waals surface area contributed by atoms with Crippen molar-refractivity contribution in [2.45, 2.75) is 5.41 Å². The molecule has 2 aliphatic carbocycles. The van der Waals surface area contributed by atoms with E-state index >= 15 is 0 Å². The highest BCUT2D eigenvalue weighted by Crippen LogP contribution is 2.67. The highest BCUT2D eigenvalue weighted by molar-refractivity contribution is 6.06. The van der Waals surface area contributed by atoms with E-state index in [0.717, 1.165) is 44.5 Å². The maximum Gasteiger partial charge on any atom is 0.0726 e. The Bertz CT molecular complexity index is 5950. The summed E-state index contributed by atoms with van der Waals surface area (Å²) >= 11 is 0. The molecule has 0 radical (unpaired) electrons. The summed E-state index contributed by atoms with van der Waals surface area (Å²) in [7, 11) is 0. The van der Waals surface area contributed by atoms with Crippen molar-refractivity contribution < 1.29 is 0 Å². The average Bonchev–Trinajstić information content (AvgIpc) is 1.49. The summed E-state index contributed by atoms with van der Waals surface area (Å²) in [6, 6.07) is 163. The van der Waals surface area contributed by atoms with Crippen LogP contribution in [0.1, 0.15) is 22.3 Å². The molecule has 0 fully saturated rings. The number of hydrogen-bond donors (Lipinski definition) is 0. The van der Waals surface area contributed by atoms with Crippen LogP contribution in [0.5, 0.6) is 0 Å². The lowest BCUT2D eigenvalue weighted by atomic mass is 9.68. The second-order valence-electron chi connectivity index (χ2n) is 29.0. The molecule has 0 bridgehead atoms. The van der Waals surface area contributed by atoms with E-state index in [1.807, 2.05) is 0 Å². The first-order valence-corrected chi connectivity index (χ1v) is 37.8. The molecule has 0 saturated heterocycles. The number of hydrogen-bond acceptors (Lipinski definition) is 0. The first-order chi connectivity index (χ1) is 54.0. The van der Waals surface area contributed by atoms with Gasteiger partial charge in [0.1, 0.15) is 0 Å². The molecule has 0 N–H and O–H groups in total. The standard InChI is InChI=1S/C109H72/c1-7-19-73(20-8-1)77-31-39-81(40-32-77)85-47-55-89(56-48-85)95-63-65-99-103(69-95)109(105-71-97(67-101(107(99)105)93-27-15-5-16-28-93)91-59-51-87(52-60-91)83-43-35-79(36-44-83)75-23-11-3-12-24-75)104-70-96(90-57-49-86(50-58-90)82-41-33-78(34-42-82)74-21-9-2-10-22-74)64-66-100(104)108-102(94-29-17-6-18-30-94)68-98(72-106(108)109)92-61-53-88(54-62-92)84-45-37-80(38-46-84)76-25-13-4-14-26-76/h1-72H. The van der Waals surface area contributed by atoms with Gasteiger partial charge in [-0.25, -0.2) is 0 Å². The summed E-state index contributed by atoms with van der Waals surface area (Å²) in [4.78, 5) is 0. The summed E-state index contributed by atoms with van der Waals surface area (Å²) in [5.74, 6) is 0. The van der Waals surface area contributed by atoms with Crippen LogP contribution < -0.4 is 0 Å². The van der Waals surface area contributed by atoms with Crippen LogP contribution in [0.3, 0.4) is 0 Å². The van der Waals surface area contributed by atoms with Gasteiger partial charge in [-0.15, -0.1) is 0 Å². The molecule has 0 aliphatic heterocycles. The predicted octanol–water partition coefficient (Wildman–Crippen LogP) is 29.4. The molecule has 0 amide bonds. The molecule has 2 aliphatic rings. The van der Waals surface area contributed by atoms with Gasteiger partial charge in [-0.05, 0) is 237 Å². The molecule has 0 heteroatoms. The fourth-order valence-corrected chi connectivity index (χ4v) is 17.2. The van der Waals surface area contributed by atoms with Crippen molar-refractivity contribution in [3.8, 4) is 178 Å². The molecule has 0 saturated carbocycles. The second kappa shape index (κ2) is 27.5. The first kappa shape index (κ1) is 64.6. The molecule has 109 heavy (non-hydrogen) atoms. The van der Waals surface area contributed by atoms with Crippen LogP contribution in [0.15, 0.2) is 437 Å². The fourth-order valence-electron chi connectivity index (χ4n) is 17.2. The molecule has 18 aromatic rings. The van der Waals surface area contributed by atoms with Gasteiger partial charge < -0.3 is 0 Å². The lowest BCUT2D eigenvalue weighted by molar-refractivity contribution is 0.795.